The molecule has 1 saturated carbocycles. The summed E-state index contributed by atoms with van der Waals surface area (Å²) in [6, 6.07) is 11.2. The minimum Gasteiger partial charge on any atom is -0.493 e. The SMILES string of the molecule is COc1cc(NC(=O)[C@H]2C[C@H]2c2ccc(Br)cc2)c(C(=O)N(C)C)cc1OC. The molecule has 0 aromatic heterocycles. The normalized spacial score (nSPS) is 17.6. The van der Waals surface area contributed by atoms with Crippen molar-refractivity contribution in [3.05, 3.63) is 52.0 Å². The van der Waals surface area contributed by atoms with E-state index in [1.54, 1.807) is 26.2 Å². The third-order valence-corrected chi connectivity index (χ3v) is 5.37. The molecule has 1 aliphatic carbocycles. The Labute approximate surface area is 172 Å². The second-order valence-electron chi connectivity index (χ2n) is 6.94. The number of nitrogens with one attached hydrogen (secondary N) is 1. The van der Waals surface area contributed by atoms with E-state index in [9.17, 15) is 9.59 Å². The number of halogens is 1. The second-order valence-corrected chi connectivity index (χ2v) is 7.86. The number of carbonyl (C=O) groups is 2. The van der Waals surface area contributed by atoms with Crippen LogP contribution in [0.25, 0.3) is 0 Å². The van der Waals surface area contributed by atoms with Gasteiger partial charge in [-0.1, -0.05) is 28.1 Å². The monoisotopic (exact) mass is 446 g/mol. The van der Waals surface area contributed by atoms with E-state index >= 15 is 0 Å². The highest BCUT2D eigenvalue weighted by Gasteiger charge is 2.44. The van der Waals surface area contributed by atoms with Crippen LogP contribution in [-0.2, 0) is 4.79 Å². The summed E-state index contributed by atoms with van der Waals surface area (Å²) in [7, 11) is 6.35. The molecule has 1 N–H and O–H groups in total. The van der Waals surface area contributed by atoms with E-state index in [-0.39, 0.29) is 23.7 Å². The first-order valence-electron chi connectivity index (χ1n) is 8.89. The topological polar surface area (TPSA) is 67.9 Å². The van der Waals surface area contributed by atoms with Gasteiger partial charge in [-0.15, -0.1) is 0 Å². The van der Waals surface area contributed by atoms with E-state index in [1.165, 1.54) is 19.1 Å². The van der Waals surface area contributed by atoms with E-state index in [0.717, 1.165) is 16.5 Å². The smallest absolute Gasteiger partial charge is 0.255 e. The van der Waals surface area contributed by atoms with Gasteiger partial charge in [0.2, 0.25) is 5.91 Å². The standard InChI is InChI=1S/C21H23BrN2O4/c1-24(2)21(26)16-10-18(27-3)19(28-4)11-17(16)23-20(25)15-9-14(15)12-5-7-13(22)8-6-12/h5-8,10-11,14-15H,9H2,1-4H3,(H,23,25)/t14-,15-/m0/s1. The highest BCUT2D eigenvalue weighted by atomic mass is 79.9. The minimum atomic E-state index is -0.225. The predicted octanol–water partition coefficient (Wildman–Crippen LogP) is 3.91. The Hall–Kier alpha value is -2.54. The first-order chi connectivity index (χ1) is 13.3. The van der Waals surface area contributed by atoms with Crippen LogP contribution in [0.4, 0.5) is 5.69 Å². The number of rotatable bonds is 6. The lowest BCUT2D eigenvalue weighted by molar-refractivity contribution is -0.117. The molecule has 28 heavy (non-hydrogen) atoms. The molecule has 0 radical (unpaired) electrons. The van der Waals surface area contributed by atoms with Gasteiger partial charge in [0.15, 0.2) is 11.5 Å². The molecular formula is C21H23BrN2O4. The zero-order valence-corrected chi connectivity index (χ0v) is 17.9. The van der Waals surface area contributed by atoms with Gasteiger partial charge in [0.25, 0.3) is 5.91 Å². The molecule has 2 aromatic carbocycles. The highest BCUT2D eigenvalue weighted by Crippen LogP contribution is 2.48. The number of carbonyl (C=O) groups excluding carboxylic acids is 2. The van der Waals surface area contributed by atoms with Crippen molar-refractivity contribution in [2.24, 2.45) is 5.92 Å². The summed E-state index contributed by atoms with van der Waals surface area (Å²) in [6.07, 6.45) is 0.789. The molecule has 0 saturated heterocycles. The lowest BCUT2D eigenvalue weighted by atomic mass is 10.1. The van der Waals surface area contributed by atoms with Gasteiger partial charge in [-0.05, 0) is 36.1 Å². The maximum absolute atomic E-state index is 12.8. The molecule has 2 aromatic rings. The lowest BCUT2D eigenvalue weighted by Gasteiger charge is -2.18. The van der Waals surface area contributed by atoms with E-state index in [2.05, 4.69) is 21.2 Å². The van der Waals surface area contributed by atoms with Gasteiger partial charge in [-0.3, -0.25) is 9.59 Å². The second kappa shape index (κ2) is 8.22. The third-order valence-electron chi connectivity index (χ3n) is 4.84. The molecule has 0 unspecified atom stereocenters. The van der Waals surface area contributed by atoms with Crippen LogP contribution >= 0.6 is 15.9 Å². The maximum atomic E-state index is 12.8. The third kappa shape index (κ3) is 4.14. The van der Waals surface area contributed by atoms with Gasteiger partial charge in [-0.2, -0.15) is 0 Å². The lowest BCUT2D eigenvalue weighted by Crippen LogP contribution is -2.24. The highest BCUT2D eigenvalue weighted by molar-refractivity contribution is 9.10. The van der Waals surface area contributed by atoms with Crippen LogP contribution in [0.1, 0.15) is 28.3 Å². The number of hydrogen-bond donors (Lipinski definition) is 1. The Morgan fingerprint density at radius 1 is 1.07 bits per heavy atom. The number of methoxy groups -OCH3 is 2. The Kier molecular flexibility index (Phi) is 5.93. The average molecular weight is 447 g/mol. The van der Waals surface area contributed by atoms with Gasteiger partial charge in [-0.25, -0.2) is 0 Å². The molecule has 2 atom stereocenters. The number of ether oxygens (including phenoxy) is 2. The fraction of sp³-hybridized carbons (Fsp3) is 0.333. The van der Waals surface area contributed by atoms with E-state index in [0.29, 0.717) is 22.7 Å². The van der Waals surface area contributed by atoms with Crippen molar-refractivity contribution in [1.82, 2.24) is 4.90 Å². The quantitative estimate of drug-likeness (QED) is 0.729. The maximum Gasteiger partial charge on any atom is 0.255 e. The van der Waals surface area contributed by atoms with Crippen LogP contribution in [0.2, 0.25) is 0 Å². The summed E-state index contributed by atoms with van der Waals surface area (Å²) in [5, 5.41) is 2.91. The molecule has 1 aliphatic rings. The van der Waals surface area contributed by atoms with Crippen LogP contribution in [0, 0.1) is 5.92 Å². The predicted molar refractivity (Wildman–Crippen MR) is 111 cm³/mol. The Bertz CT molecular complexity index is 896. The molecule has 0 heterocycles. The number of nitrogens with zero attached hydrogens (tertiary/aromatic N) is 1. The molecule has 6 nitrogen and oxygen atoms in total. The summed E-state index contributed by atoms with van der Waals surface area (Å²) in [6.45, 7) is 0. The Morgan fingerprint density at radius 2 is 1.68 bits per heavy atom. The number of hydrogen-bond acceptors (Lipinski definition) is 4. The molecule has 7 heteroatoms. The first-order valence-corrected chi connectivity index (χ1v) is 9.69. The van der Waals surface area contributed by atoms with Crippen molar-refractivity contribution in [2.45, 2.75) is 12.3 Å². The summed E-state index contributed by atoms with van der Waals surface area (Å²) in [4.78, 5) is 26.9. The summed E-state index contributed by atoms with van der Waals surface area (Å²) >= 11 is 3.42. The average Bonchev–Trinajstić information content (AvgIpc) is 3.48. The van der Waals surface area contributed by atoms with Crippen LogP contribution in [0.5, 0.6) is 11.5 Å². The van der Waals surface area contributed by atoms with Crippen molar-refractivity contribution in [3.8, 4) is 11.5 Å². The van der Waals surface area contributed by atoms with Crippen molar-refractivity contribution >= 4 is 33.4 Å². The van der Waals surface area contributed by atoms with Crippen molar-refractivity contribution in [2.75, 3.05) is 33.6 Å². The molecule has 3 rings (SSSR count). The van der Waals surface area contributed by atoms with Crippen molar-refractivity contribution in [1.29, 1.82) is 0 Å². The van der Waals surface area contributed by atoms with Crippen LogP contribution < -0.4 is 14.8 Å². The zero-order valence-electron chi connectivity index (χ0n) is 16.3. The minimum absolute atomic E-state index is 0.104. The van der Waals surface area contributed by atoms with Crippen molar-refractivity contribution in [3.63, 3.8) is 0 Å². The largest absolute Gasteiger partial charge is 0.493 e. The van der Waals surface area contributed by atoms with Crippen molar-refractivity contribution < 1.29 is 19.1 Å². The molecule has 0 spiro atoms. The summed E-state index contributed by atoms with van der Waals surface area (Å²) in [5.74, 6) is 0.639. The van der Waals surface area contributed by atoms with Gasteiger partial charge in [0, 0.05) is 30.6 Å². The summed E-state index contributed by atoms with van der Waals surface area (Å²) < 4.78 is 11.6. The van der Waals surface area contributed by atoms with Gasteiger partial charge < -0.3 is 19.7 Å². The van der Waals surface area contributed by atoms with Crippen LogP contribution in [0.15, 0.2) is 40.9 Å². The molecule has 1 fully saturated rings. The fourth-order valence-electron chi connectivity index (χ4n) is 3.19. The zero-order chi connectivity index (χ0) is 20.4. The van der Waals surface area contributed by atoms with Crippen LogP contribution in [-0.4, -0.2) is 45.0 Å². The Balaban J connectivity index is 1.83. The first kappa shape index (κ1) is 20.2. The van der Waals surface area contributed by atoms with E-state index in [1.807, 2.05) is 24.3 Å². The Morgan fingerprint density at radius 3 is 2.25 bits per heavy atom. The van der Waals surface area contributed by atoms with Gasteiger partial charge >= 0.3 is 0 Å². The molecular weight excluding hydrogens is 424 g/mol. The fourth-order valence-corrected chi connectivity index (χ4v) is 3.45. The molecule has 2 amide bonds. The number of anilines is 1. The number of amides is 2. The number of benzene rings is 2. The molecule has 0 aliphatic heterocycles. The van der Waals surface area contributed by atoms with E-state index < -0.39 is 0 Å². The molecule has 148 valence electrons. The van der Waals surface area contributed by atoms with Gasteiger partial charge in [0.05, 0.1) is 25.5 Å². The van der Waals surface area contributed by atoms with Crippen LogP contribution in [0.3, 0.4) is 0 Å². The van der Waals surface area contributed by atoms with E-state index in [4.69, 9.17) is 9.47 Å². The van der Waals surface area contributed by atoms with Gasteiger partial charge in [0.1, 0.15) is 0 Å². The summed E-state index contributed by atoms with van der Waals surface area (Å²) in [5.41, 5.74) is 1.92. The molecule has 0 bridgehead atoms.